The number of halogens is 18. The van der Waals surface area contributed by atoms with E-state index < -0.39 is 133 Å². The van der Waals surface area contributed by atoms with Gasteiger partial charge in [0.1, 0.15) is 0 Å². The van der Waals surface area contributed by atoms with Crippen LogP contribution in [-0.2, 0) is 0 Å². The molecule has 1 aromatic rings. The molecule has 210 valence electrons. The molecular weight excluding hydrogens is 678 g/mol. The molecule has 0 atom stereocenters. The highest BCUT2D eigenvalue weighted by molar-refractivity contribution is 8.07. The summed E-state index contributed by atoms with van der Waals surface area (Å²) < 4.78 is 234. The summed E-state index contributed by atoms with van der Waals surface area (Å²) in [4.78, 5) is -14.7. The van der Waals surface area contributed by atoms with Gasteiger partial charge < -0.3 is 0 Å². The average Bonchev–Trinajstić information content (AvgIpc) is 2.51. The van der Waals surface area contributed by atoms with Gasteiger partial charge in [0.05, 0.1) is 0 Å². The molecule has 0 aliphatic heterocycles. The molecule has 0 aromatic heterocycles. The molecule has 0 bridgehead atoms. The molecule has 24 heteroatoms. The van der Waals surface area contributed by atoms with Gasteiger partial charge in [-0.25, -0.2) is 0 Å². The van der Waals surface area contributed by atoms with Gasteiger partial charge in [0.25, 0.3) is 0 Å². The summed E-state index contributed by atoms with van der Waals surface area (Å²) >= 11 is -11.7. The van der Waals surface area contributed by atoms with Crippen LogP contribution in [0.3, 0.4) is 0 Å². The molecule has 0 unspecified atom stereocenters. The first-order valence-electron chi connectivity index (χ1n) is 7.35. The minimum absolute atomic E-state index is 1.95. The Morgan fingerprint density at radius 3 is 0.361 bits per heavy atom. The quantitative estimate of drug-likeness (QED) is 0.215. The van der Waals surface area contributed by atoms with Crippen LogP contribution in [0.2, 0.25) is 0 Å². The number of thioether (sulfide) groups is 6. The summed E-state index contributed by atoms with van der Waals surface area (Å²) in [5, 5.41) is 0. The fourth-order valence-electron chi connectivity index (χ4n) is 1.87. The van der Waals surface area contributed by atoms with Gasteiger partial charge in [-0.15, -0.1) is 0 Å². The van der Waals surface area contributed by atoms with E-state index in [0.29, 0.717) is 0 Å². The first-order chi connectivity index (χ1) is 15.6. The molecule has 36 heavy (non-hydrogen) atoms. The van der Waals surface area contributed by atoms with Crippen molar-refractivity contribution in [1.29, 1.82) is 0 Å². The summed E-state index contributed by atoms with van der Waals surface area (Å²) in [6, 6.07) is 0. The monoisotopic (exact) mass is 678 g/mol. The minimum Gasteiger partial charge on any atom is -0.160 e. The largest absolute Gasteiger partial charge is 0.446 e. The van der Waals surface area contributed by atoms with Crippen LogP contribution < -0.4 is 0 Å². The number of alkyl halides is 18. The van der Waals surface area contributed by atoms with Crippen LogP contribution in [0.5, 0.6) is 0 Å². The Labute approximate surface area is 211 Å². The average molecular weight is 678 g/mol. The molecule has 0 N–H and O–H groups in total. The molecular formula is C12F18S6. The minimum atomic E-state index is -5.90. The van der Waals surface area contributed by atoms with Crippen molar-refractivity contribution in [3.8, 4) is 0 Å². The predicted octanol–water partition coefficient (Wildman–Crippen LogP) is 11.4. The lowest BCUT2D eigenvalue weighted by molar-refractivity contribution is -0.0367. The molecule has 0 spiro atoms. The summed E-state index contributed by atoms with van der Waals surface area (Å²) in [5.41, 5.74) is -35.4. The van der Waals surface area contributed by atoms with Crippen LogP contribution in [-0.4, -0.2) is 33.0 Å². The van der Waals surface area contributed by atoms with Gasteiger partial charge in [0.15, 0.2) is 0 Å². The Morgan fingerprint density at radius 2 is 0.306 bits per heavy atom. The SMILES string of the molecule is FC(F)(F)Sc1c(SC(F)(F)F)c(SC(F)(F)F)c(SC(F)(F)F)c(SC(F)(F)F)c1SC(F)(F)F. The molecule has 0 aliphatic rings. The topological polar surface area (TPSA) is 0 Å². The van der Waals surface area contributed by atoms with Crippen molar-refractivity contribution in [2.75, 3.05) is 0 Å². The van der Waals surface area contributed by atoms with Crippen molar-refractivity contribution in [3.63, 3.8) is 0 Å². The predicted molar refractivity (Wildman–Crippen MR) is 97.9 cm³/mol. The summed E-state index contributed by atoms with van der Waals surface area (Å²) in [7, 11) is 0. The fourth-order valence-corrected chi connectivity index (χ4v) is 7.48. The zero-order valence-electron chi connectivity index (χ0n) is 15.3. The van der Waals surface area contributed by atoms with Crippen LogP contribution in [0.15, 0.2) is 29.4 Å². The molecule has 1 aromatic carbocycles. The highest BCUT2D eigenvalue weighted by Crippen LogP contribution is 2.63. The van der Waals surface area contributed by atoms with E-state index >= 15 is 0 Å². The molecule has 0 fully saturated rings. The molecule has 1 rings (SSSR count). The van der Waals surface area contributed by atoms with Gasteiger partial charge >= 0.3 is 33.0 Å². The maximum atomic E-state index is 13.0. The smallest absolute Gasteiger partial charge is 0.160 e. The third-order valence-electron chi connectivity index (χ3n) is 2.54. The van der Waals surface area contributed by atoms with Gasteiger partial charge in [-0.3, -0.25) is 0 Å². The first-order valence-corrected chi connectivity index (χ1v) is 12.3. The highest BCUT2D eigenvalue weighted by Gasteiger charge is 2.48. The van der Waals surface area contributed by atoms with Crippen molar-refractivity contribution in [3.05, 3.63) is 0 Å². The maximum Gasteiger partial charge on any atom is 0.446 e. The van der Waals surface area contributed by atoms with Crippen molar-refractivity contribution < 1.29 is 79.0 Å². The second-order valence-corrected chi connectivity index (χ2v) is 11.7. The zero-order valence-corrected chi connectivity index (χ0v) is 20.2. The van der Waals surface area contributed by atoms with E-state index in [2.05, 4.69) is 0 Å². The van der Waals surface area contributed by atoms with Crippen LogP contribution in [0, 0.1) is 0 Å². The van der Waals surface area contributed by atoms with Crippen molar-refractivity contribution in [2.24, 2.45) is 0 Å². The van der Waals surface area contributed by atoms with Crippen LogP contribution in [0.1, 0.15) is 0 Å². The van der Waals surface area contributed by atoms with Crippen LogP contribution in [0.4, 0.5) is 79.0 Å². The summed E-state index contributed by atoms with van der Waals surface area (Å²) in [6.45, 7) is 0. The molecule has 0 nitrogen and oxygen atoms in total. The third-order valence-corrected chi connectivity index (χ3v) is 8.38. The van der Waals surface area contributed by atoms with Gasteiger partial charge in [-0.2, -0.15) is 79.0 Å². The van der Waals surface area contributed by atoms with Crippen molar-refractivity contribution in [1.82, 2.24) is 0 Å². The molecule has 0 amide bonds. The number of rotatable bonds is 6. The summed E-state index contributed by atoms with van der Waals surface area (Å²) in [6.07, 6.45) is 0. The van der Waals surface area contributed by atoms with Crippen molar-refractivity contribution >= 4 is 70.6 Å². The lowest BCUT2D eigenvalue weighted by Gasteiger charge is -2.26. The van der Waals surface area contributed by atoms with Gasteiger partial charge in [0, 0.05) is 29.4 Å². The van der Waals surface area contributed by atoms with E-state index in [9.17, 15) is 79.0 Å². The van der Waals surface area contributed by atoms with E-state index in [4.69, 9.17) is 0 Å². The van der Waals surface area contributed by atoms with E-state index in [1.165, 1.54) is 0 Å². The summed E-state index contributed by atoms with van der Waals surface area (Å²) in [5.74, 6) is 0. The fraction of sp³-hybridized carbons (Fsp3) is 0.500. The second kappa shape index (κ2) is 11.3. The number of hydrogen-bond donors (Lipinski definition) is 0. The molecule has 0 heterocycles. The third kappa shape index (κ3) is 12.7. The molecule has 0 saturated heterocycles. The Kier molecular flexibility index (Phi) is 10.7. The maximum absolute atomic E-state index is 13.0. The number of benzene rings is 1. The highest BCUT2D eigenvalue weighted by atomic mass is 32.2. The van der Waals surface area contributed by atoms with E-state index in [1.807, 2.05) is 0 Å². The van der Waals surface area contributed by atoms with E-state index in [-0.39, 0.29) is 0 Å². The van der Waals surface area contributed by atoms with E-state index in [0.717, 1.165) is 0 Å². The second-order valence-electron chi connectivity index (χ2n) is 5.26. The zero-order chi connectivity index (χ0) is 28.7. The van der Waals surface area contributed by atoms with E-state index in [1.54, 1.807) is 0 Å². The Morgan fingerprint density at radius 1 is 0.222 bits per heavy atom. The van der Waals surface area contributed by atoms with Crippen LogP contribution >= 0.6 is 70.6 Å². The Bertz CT molecular complexity index is 704. The first kappa shape index (κ1) is 34.1. The molecule has 0 radical (unpaired) electrons. The van der Waals surface area contributed by atoms with Gasteiger partial charge in [-0.1, -0.05) is 0 Å². The molecule has 0 aliphatic carbocycles. The van der Waals surface area contributed by atoms with Crippen LogP contribution in [0.25, 0.3) is 0 Å². The van der Waals surface area contributed by atoms with Crippen molar-refractivity contribution in [2.45, 2.75) is 62.4 Å². The lowest BCUT2D eigenvalue weighted by Crippen LogP contribution is -2.13. The van der Waals surface area contributed by atoms with Gasteiger partial charge in [0.2, 0.25) is 0 Å². The Hall–Kier alpha value is 0.0600. The normalized spacial score (nSPS) is 14.5. The van der Waals surface area contributed by atoms with Gasteiger partial charge in [-0.05, 0) is 70.6 Å². The standard InChI is InChI=1S/C12F18S6/c13-7(14,15)31-1-2(32-8(16,17)18)4(34-10(22,23)24)6(36-12(28,29)30)5(35-11(25,26)27)3(1)33-9(19,20)21. The molecule has 0 saturated carbocycles. The number of hydrogen-bond acceptors (Lipinski definition) is 6. The lowest BCUT2D eigenvalue weighted by atomic mass is 10.3. The Balaban J connectivity index is 4.45.